The maximum atomic E-state index is 12.2. The number of amides is 1. The summed E-state index contributed by atoms with van der Waals surface area (Å²) >= 11 is 0. The van der Waals surface area contributed by atoms with Crippen LogP contribution in [0.1, 0.15) is 15.9 Å². The summed E-state index contributed by atoms with van der Waals surface area (Å²) < 4.78 is 16.0. The smallest absolute Gasteiger partial charge is 0.255 e. The second-order valence-corrected chi connectivity index (χ2v) is 5.02. The number of phenolic OH excluding ortho intramolecular Hbond substituents is 1. The van der Waals surface area contributed by atoms with E-state index < -0.39 is 0 Å². The number of benzene rings is 2. The molecular formula is C17H17NO5. The van der Waals surface area contributed by atoms with Crippen LogP contribution in [0.25, 0.3) is 0 Å². The highest BCUT2D eigenvalue weighted by Crippen LogP contribution is 2.31. The maximum Gasteiger partial charge on any atom is 0.255 e. The second-order valence-electron chi connectivity index (χ2n) is 5.02. The van der Waals surface area contributed by atoms with Gasteiger partial charge >= 0.3 is 0 Å². The molecule has 0 radical (unpaired) electrons. The van der Waals surface area contributed by atoms with Gasteiger partial charge in [0.25, 0.3) is 5.91 Å². The van der Waals surface area contributed by atoms with E-state index in [1.54, 1.807) is 12.1 Å². The Balaban J connectivity index is 1.70. The topological polar surface area (TPSA) is 77.0 Å². The Morgan fingerprint density at radius 3 is 2.78 bits per heavy atom. The van der Waals surface area contributed by atoms with Crippen molar-refractivity contribution in [1.29, 1.82) is 0 Å². The van der Waals surface area contributed by atoms with Gasteiger partial charge in [-0.2, -0.15) is 0 Å². The number of nitrogens with one attached hydrogen (secondary N) is 1. The molecular weight excluding hydrogens is 298 g/mol. The average Bonchev–Trinajstić information content (AvgIpc) is 2.59. The lowest BCUT2D eigenvalue weighted by atomic mass is 10.1. The molecule has 0 fully saturated rings. The van der Waals surface area contributed by atoms with Crippen molar-refractivity contribution in [2.45, 2.75) is 6.54 Å². The van der Waals surface area contributed by atoms with Crippen molar-refractivity contribution in [1.82, 2.24) is 5.32 Å². The number of carbonyl (C=O) groups is 1. The van der Waals surface area contributed by atoms with E-state index in [-0.39, 0.29) is 23.0 Å². The number of carbonyl (C=O) groups excluding carboxylic acids is 1. The van der Waals surface area contributed by atoms with Crippen LogP contribution in [-0.2, 0) is 6.54 Å². The van der Waals surface area contributed by atoms with Gasteiger partial charge in [0.2, 0.25) is 0 Å². The van der Waals surface area contributed by atoms with Gasteiger partial charge in [0.05, 0.1) is 12.7 Å². The molecule has 0 aliphatic carbocycles. The van der Waals surface area contributed by atoms with E-state index in [9.17, 15) is 9.90 Å². The summed E-state index contributed by atoms with van der Waals surface area (Å²) in [6.45, 7) is 1.37. The number of phenols is 1. The van der Waals surface area contributed by atoms with Gasteiger partial charge in [0.1, 0.15) is 13.2 Å². The number of methoxy groups -OCH3 is 1. The van der Waals surface area contributed by atoms with Crippen LogP contribution in [0.3, 0.4) is 0 Å². The van der Waals surface area contributed by atoms with E-state index in [0.29, 0.717) is 31.3 Å². The molecule has 0 aromatic heterocycles. The molecule has 0 saturated carbocycles. The molecule has 6 heteroatoms. The van der Waals surface area contributed by atoms with Crippen molar-refractivity contribution in [2.75, 3.05) is 20.3 Å². The van der Waals surface area contributed by atoms with Gasteiger partial charge in [-0.3, -0.25) is 4.79 Å². The highest BCUT2D eigenvalue weighted by atomic mass is 16.6. The molecule has 2 aromatic carbocycles. The lowest BCUT2D eigenvalue weighted by Gasteiger charge is -2.19. The molecule has 0 saturated heterocycles. The fourth-order valence-corrected chi connectivity index (χ4v) is 2.35. The lowest BCUT2D eigenvalue weighted by molar-refractivity contribution is 0.0947. The van der Waals surface area contributed by atoms with Crippen LogP contribution in [0.4, 0.5) is 0 Å². The second kappa shape index (κ2) is 6.48. The minimum absolute atomic E-state index is 0.168. The lowest BCUT2D eigenvalue weighted by Crippen LogP contribution is -2.23. The van der Waals surface area contributed by atoms with Gasteiger partial charge in [-0.1, -0.05) is 12.1 Å². The third kappa shape index (κ3) is 3.15. The first-order chi connectivity index (χ1) is 11.2. The molecule has 1 amide bonds. The fourth-order valence-electron chi connectivity index (χ4n) is 2.35. The number of rotatable bonds is 4. The predicted molar refractivity (Wildman–Crippen MR) is 83.3 cm³/mol. The molecule has 23 heavy (non-hydrogen) atoms. The SMILES string of the molecule is COc1cccc(C(=O)NCc2ccc3c(c2)OCCO3)c1O. The molecule has 0 spiro atoms. The molecule has 6 nitrogen and oxygen atoms in total. The predicted octanol–water partition coefficient (Wildman–Crippen LogP) is 2.10. The Labute approximate surface area is 133 Å². The molecule has 2 aromatic rings. The molecule has 3 rings (SSSR count). The van der Waals surface area contributed by atoms with E-state index in [1.165, 1.54) is 13.2 Å². The Kier molecular flexibility index (Phi) is 4.23. The zero-order chi connectivity index (χ0) is 16.2. The summed E-state index contributed by atoms with van der Waals surface area (Å²) in [6, 6.07) is 10.3. The van der Waals surface area contributed by atoms with Crippen LogP contribution in [0, 0.1) is 0 Å². The van der Waals surface area contributed by atoms with Crippen molar-refractivity contribution >= 4 is 5.91 Å². The van der Waals surface area contributed by atoms with Crippen LogP contribution < -0.4 is 19.5 Å². The Hall–Kier alpha value is -2.89. The van der Waals surface area contributed by atoms with Gasteiger partial charge in [0.15, 0.2) is 23.0 Å². The average molecular weight is 315 g/mol. The summed E-state index contributed by atoms with van der Waals surface area (Å²) in [7, 11) is 1.44. The quantitative estimate of drug-likeness (QED) is 0.903. The number of para-hydroxylation sites is 1. The van der Waals surface area contributed by atoms with Gasteiger partial charge in [-0.05, 0) is 29.8 Å². The minimum atomic E-state index is -0.378. The van der Waals surface area contributed by atoms with Gasteiger partial charge in [-0.15, -0.1) is 0 Å². The maximum absolute atomic E-state index is 12.2. The molecule has 0 atom stereocenters. The Bertz CT molecular complexity index is 729. The first-order valence-corrected chi connectivity index (χ1v) is 7.21. The summed E-state index contributed by atoms with van der Waals surface area (Å²) in [5.74, 6) is 1.09. The van der Waals surface area contributed by atoms with E-state index in [0.717, 1.165) is 5.56 Å². The fraction of sp³-hybridized carbons (Fsp3) is 0.235. The summed E-state index contributed by atoms with van der Waals surface area (Å²) in [4.78, 5) is 12.2. The number of ether oxygens (including phenoxy) is 3. The van der Waals surface area contributed by atoms with Crippen molar-refractivity contribution in [3.8, 4) is 23.0 Å². The van der Waals surface area contributed by atoms with Crippen molar-refractivity contribution < 1.29 is 24.1 Å². The first kappa shape index (κ1) is 15.0. The van der Waals surface area contributed by atoms with Crippen molar-refractivity contribution in [3.63, 3.8) is 0 Å². The van der Waals surface area contributed by atoms with Crippen LogP contribution >= 0.6 is 0 Å². The van der Waals surface area contributed by atoms with Crippen LogP contribution in [0.5, 0.6) is 23.0 Å². The molecule has 0 unspecified atom stereocenters. The van der Waals surface area contributed by atoms with Crippen molar-refractivity contribution in [2.24, 2.45) is 0 Å². The first-order valence-electron chi connectivity index (χ1n) is 7.21. The Morgan fingerprint density at radius 1 is 1.22 bits per heavy atom. The summed E-state index contributed by atoms with van der Waals surface area (Å²) in [5.41, 5.74) is 1.05. The number of hydrogen-bond donors (Lipinski definition) is 2. The van der Waals surface area contributed by atoms with Gasteiger partial charge in [-0.25, -0.2) is 0 Å². The summed E-state index contributed by atoms with van der Waals surface area (Å²) in [6.07, 6.45) is 0. The van der Waals surface area contributed by atoms with Crippen LogP contribution in [0.2, 0.25) is 0 Å². The highest BCUT2D eigenvalue weighted by molar-refractivity contribution is 5.97. The van der Waals surface area contributed by atoms with Gasteiger partial charge in [0, 0.05) is 6.54 Å². The summed E-state index contributed by atoms with van der Waals surface area (Å²) in [5, 5.41) is 12.8. The van der Waals surface area contributed by atoms with Crippen LogP contribution in [0.15, 0.2) is 36.4 Å². The third-order valence-electron chi connectivity index (χ3n) is 3.52. The molecule has 1 aliphatic rings. The molecule has 1 heterocycles. The van der Waals surface area contributed by atoms with Gasteiger partial charge < -0.3 is 24.6 Å². The zero-order valence-corrected chi connectivity index (χ0v) is 12.7. The van der Waals surface area contributed by atoms with E-state index in [4.69, 9.17) is 14.2 Å². The molecule has 2 N–H and O–H groups in total. The molecule has 0 bridgehead atoms. The minimum Gasteiger partial charge on any atom is -0.504 e. The molecule has 120 valence electrons. The number of fused-ring (bicyclic) bond motifs is 1. The standard InChI is InChI=1S/C17H17NO5/c1-21-14-4-2-3-12(16(14)19)17(20)18-10-11-5-6-13-15(9-11)23-8-7-22-13/h2-6,9,19H,7-8,10H2,1H3,(H,18,20). The number of hydrogen-bond acceptors (Lipinski definition) is 5. The number of aromatic hydroxyl groups is 1. The highest BCUT2D eigenvalue weighted by Gasteiger charge is 2.15. The largest absolute Gasteiger partial charge is 0.504 e. The third-order valence-corrected chi connectivity index (χ3v) is 3.52. The normalized spacial score (nSPS) is 12.6. The molecule has 1 aliphatic heterocycles. The zero-order valence-electron chi connectivity index (χ0n) is 12.7. The monoisotopic (exact) mass is 315 g/mol. The Morgan fingerprint density at radius 2 is 2.00 bits per heavy atom. The van der Waals surface area contributed by atoms with Crippen molar-refractivity contribution in [3.05, 3.63) is 47.5 Å². The van der Waals surface area contributed by atoms with Crippen LogP contribution in [-0.4, -0.2) is 31.3 Å². The van der Waals surface area contributed by atoms with E-state index in [2.05, 4.69) is 5.32 Å². The van der Waals surface area contributed by atoms with E-state index >= 15 is 0 Å². The van der Waals surface area contributed by atoms with E-state index in [1.807, 2.05) is 18.2 Å².